The van der Waals surface area contributed by atoms with Crippen LogP contribution in [0.25, 0.3) is 0 Å². The van der Waals surface area contributed by atoms with Crippen molar-refractivity contribution in [2.45, 2.75) is 25.9 Å². The van der Waals surface area contributed by atoms with Crippen LogP contribution in [0, 0.1) is 11.6 Å². The largest absolute Gasteiger partial charge is 0.304 e. The molecule has 1 nitrogen and oxygen atoms in total. The summed E-state index contributed by atoms with van der Waals surface area (Å²) >= 11 is 11.8. The Morgan fingerprint density at radius 2 is 1.52 bits per heavy atom. The van der Waals surface area contributed by atoms with E-state index in [1.807, 2.05) is 13.8 Å². The molecule has 2 atom stereocenters. The predicted octanol–water partition coefficient (Wildman–Crippen LogP) is 5.68. The zero-order valence-electron chi connectivity index (χ0n) is 11.6. The van der Waals surface area contributed by atoms with Gasteiger partial charge in [-0.3, -0.25) is 0 Å². The van der Waals surface area contributed by atoms with E-state index < -0.39 is 5.82 Å². The third-order valence-electron chi connectivity index (χ3n) is 3.38. The highest BCUT2D eigenvalue weighted by atomic mass is 35.5. The molecular weight excluding hydrogens is 315 g/mol. The summed E-state index contributed by atoms with van der Waals surface area (Å²) in [5.74, 6) is -0.777. The van der Waals surface area contributed by atoms with Gasteiger partial charge in [0, 0.05) is 17.1 Å². The highest BCUT2D eigenvalue weighted by Gasteiger charge is 2.16. The van der Waals surface area contributed by atoms with Gasteiger partial charge in [-0.25, -0.2) is 8.78 Å². The number of hydrogen-bond donors (Lipinski definition) is 1. The number of hydrogen-bond acceptors (Lipinski definition) is 1. The Morgan fingerprint density at radius 1 is 0.905 bits per heavy atom. The average molecular weight is 330 g/mol. The fourth-order valence-electron chi connectivity index (χ4n) is 2.18. The van der Waals surface area contributed by atoms with Crippen molar-refractivity contribution in [2.75, 3.05) is 0 Å². The molecule has 0 heterocycles. The van der Waals surface area contributed by atoms with E-state index in [1.165, 1.54) is 24.3 Å². The molecule has 0 fully saturated rings. The average Bonchev–Trinajstić information content (AvgIpc) is 2.43. The van der Waals surface area contributed by atoms with Gasteiger partial charge in [-0.15, -0.1) is 0 Å². The van der Waals surface area contributed by atoms with Crippen LogP contribution in [0.5, 0.6) is 0 Å². The van der Waals surface area contributed by atoms with Gasteiger partial charge in [-0.2, -0.15) is 0 Å². The van der Waals surface area contributed by atoms with Crippen LogP contribution < -0.4 is 5.32 Å². The first-order valence-corrected chi connectivity index (χ1v) is 7.30. The first-order chi connectivity index (χ1) is 9.88. The third-order valence-corrected chi connectivity index (χ3v) is 3.99. The highest BCUT2D eigenvalue weighted by Crippen LogP contribution is 2.30. The van der Waals surface area contributed by atoms with Gasteiger partial charge in [-0.05, 0) is 49.2 Å². The molecule has 0 amide bonds. The number of halogens is 4. The molecule has 0 aliphatic heterocycles. The van der Waals surface area contributed by atoms with Crippen molar-refractivity contribution in [1.82, 2.24) is 5.32 Å². The smallest absolute Gasteiger partial charge is 0.142 e. The van der Waals surface area contributed by atoms with E-state index in [4.69, 9.17) is 23.2 Å². The summed E-state index contributed by atoms with van der Waals surface area (Å²) in [6, 6.07) is 8.77. The van der Waals surface area contributed by atoms with Crippen molar-refractivity contribution in [3.05, 3.63) is 69.2 Å². The van der Waals surface area contributed by atoms with Gasteiger partial charge in [0.05, 0.1) is 5.02 Å². The van der Waals surface area contributed by atoms with Crippen molar-refractivity contribution in [2.24, 2.45) is 0 Å². The molecule has 5 heteroatoms. The van der Waals surface area contributed by atoms with E-state index >= 15 is 0 Å². The molecule has 2 aromatic rings. The van der Waals surface area contributed by atoms with Crippen LogP contribution in [0.4, 0.5) is 8.78 Å². The Bertz CT molecular complexity index is 629. The van der Waals surface area contributed by atoms with Gasteiger partial charge in [0.2, 0.25) is 0 Å². The fraction of sp³-hybridized carbons (Fsp3) is 0.250. The van der Waals surface area contributed by atoms with Crippen LogP contribution in [0.15, 0.2) is 36.4 Å². The Hall–Kier alpha value is -1.16. The van der Waals surface area contributed by atoms with E-state index in [2.05, 4.69) is 5.32 Å². The minimum Gasteiger partial charge on any atom is -0.304 e. The SMILES string of the molecule is CC(N[C@@H](C)c1ccc(F)cc1)c1cc(F)c(Cl)cc1Cl. The zero-order valence-corrected chi connectivity index (χ0v) is 13.1. The topological polar surface area (TPSA) is 12.0 Å². The second-order valence-electron chi connectivity index (χ2n) is 4.95. The molecule has 112 valence electrons. The van der Waals surface area contributed by atoms with E-state index in [1.54, 1.807) is 12.1 Å². The van der Waals surface area contributed by atoms with Crippen LogP contribution in [0.2, 0.25) is 10.0 Å². The maximum atomic E-state index is 13.6. The Morgan fingerprint density at radius 3 is 2.14 bits per heavy atom. The first kappa shape index (κ1) is 16.2. The summed E-state index contributed by atoms with van der Waals surface area (Å²) < 4.78 is 26.5. The Kier molecular flexibility index (Phi) is 5.20. The second kappa shape index (κ2) is 6.73. The van der Waals surface area contributed by atoms with Crippen molar-refractivity contribution in [1.29, 1.82) is 0 Å². The zero-order chi connectivity index (χ0) is 15.6. The van der Waals surface area contributed by atoms with Crippen LogP contribution >= 0.6 is 23.2 Å². The maximum absolute atomic E-state index is 13.6. The minimum absolute atomic E-state index is 0.00235. The standard InChI is InChI=1S/C16H15Cl2F2N/c1-9(11-3-5-12(19)6-4-11)21-10(2)13-7-16(20)15(18)8-14(13)17/h3-10,21H,1-2H3/t9-,10?/m0/s1. The van der Waals surface area contributed by atoms with E-state index in [-0.39, 0.29) is 22.9 Å². The fourth-order valence-corrected chi connectivity index (χ4v) is 2.73. The molecule has 1 N–H and O–H groups in total. The Balaban J connectivity index is 2.15. The number of benzene rings is 2. The molecule has 1 unspecified atom stereocenters. The molecule has 0 aromatic heterocycles. The summed E-state index contributed by atoms with van der Waals surface area (Å²) in [6.45, 7) is 3.83. The summed E-state index contributed by atoms with van der Waals surface area (Å²) in [4.78, 5) is 0. The van der Waals surface area contributed by atoms with Crippen LogP contribution in [-0.4, -0.2) is 0 Å². The molecule has 0 aliphatic carbocycles. The van der Waals surface area contributed by atoms with Crippen LogP contribution in [0.1, 0.15) is 37.1 Å². The normalized spacial score (nSPS) is 14.0. The third kappa shape index (κ3) is 3.94. The number of nitrogens with one attached hydrogen (secondary N) is 1. The van der Waals surface area contributed by atoms with Crippen molar-refractivity contribution >= 4 is 23.2 Å². The summed E-state index contributed by atoms with van der Waals surface area (Å²) in [7, 11) is 0. The monoisotopic (exact) mass is 329 g/mol. The van der Waals surface area contributed by atoms with Gasteiger partial charge in [0.25, 0.3) is 0 Å². The lowest BCUT2D eigenvalue weighted by Gasteiger charge is -2.22. The lowest BCUT2D eigenvalue weighted by molar-refractivity contribution is 0.491. The van der Waals surface area contributed by atoms with Crippen molar-refractivity contribution in [3.63, 3.8) is 0 Å². The molecule has 0 radical (unpaired) electrons. The predicted molar refractivity (Wildman–Crippen MR) is 82.8 cm³/mol. The van der Waals surface area contributed by atoms with Gasteiger partial charge in [-0.1, -0.05) is 35.3 Å². The molecule has 0 saturated heterocycles. The number of rotatable bonds is 4. The molecule has 2 rings (SSSR count). The maximum Gasteiger partial charge on any atom is 0.142 e. The highest BCUT2D eigenvalue weighted by molar-refractivity contribution is 6.35. The van der Waals surface area contributed by atoms with Gasteiger partial charge < -0.3 is 5.32 Å². The Labute approximate surface area is 132 Å². The lowest BCUT2D eigenvalue weighted by Crippen LogP contribution is -2.22. The van der Waals surface area contributed by atoms with Crippen molar-refractivity contribution < 1.29 is 8.78 Å². The first-order valence-electron chi connectivity index (χ1n) is 6.54. The minimum atomic E-state index is -0.501. The molecule has 0 saturated carbocycles. The van der Waals surface area contributed by atoms with Crippen LogP contribution in [0.3, 0.4) is 0 Å². The molecule has 0 aliphatic rings. The molecular formula is C16H15Cl2F2N. The summed E-state index contributed by atoms with van der Waals surface area (Å²) in [5.41, 5.74) is 1.57. The molecule has 0 bridgehead atoms. The molecule has 21 heavy (non-hydrogen) atoms. The van der Waals surface area contributed by atoms with Gasteiger partial charge in [0.1, 0.15) is 11.6 Å². The summed E-state index contributed by atoms with van der Waals surface area (Å²) in [6.07, 6.45) is 0. The van der Waals surface area contributed by atoms with Gasteiger partial charge >= 0.3 is 0 Å². The van der Waals surface area contributed by atoms with E-state index in [9.17, 15) is 8.78 Å². The summed E-state index contributed by atoms with van der Waals surface area (Å²) in [5, 5.41) is 3.72. The van der Waals surface area contributed by atoms with Crippen molar-refractivity contribution in [3.8, 4) is 0 Å². The molecule has 2 aromatic carbocycles. The molecule has 0 spiro atoms. The van der Waals surface area contributed by atoms with E-state index in [0.717, 1.165) is 5.56 Å². The lowest BCUT2D eigenvalue weighted by atomic mass is 10.0. The van der Waals surface area contributed by atoms with Crippen LogP contribution in [-0.2, 0) is 0 Å². The van der Waals surface area contributed by atoms with E-state index in [0.29, 0.717) is 10.6 Å². The second-order valence-corrected chi connectivity index (χ2v) is 5.76. The van der Waals surface area contributed by atoms with Gasteiger partial charge in [0.15, 0.2) is 0 Å². The quantitative estimate of drug-likeness (QED) is 0.711.